The van der Waals surface area contributed by atoms with Crippen molar-refractivity contribution in [2.45, 2.75) is 20.4 Å². The molecule has 0 aliphatic heterocycles. The van der Waals surface area contributed by atoms with Crippen molar-refractivity contribution in [2.75, 3.05) is 6.61 Å². The molecule has 0 aliphatic rings. The molecule has 0 saturated heterocycles. The number of carbonyl (C=O) groups is 2. The summed E-state index contributed by atoms with van der Waals surface area (Å²) < 4.78 is 7.59. The number of amides is 1. The van der Waals surface area contributed by atoms with Crippen LogP contribution in [0.3, 0.4) is 0 Å². The summed E-state index contributed by atoms with van der Waals surface area (Å²) in [4.78, 5) is 29.3. The topological polar surface area (TPSA) is 60.7 Å². The number of rotatable bonds is 4. The van der Waals surface area contributed by atoms with Crippen molar-refractivity contribution in [3.8, 4) is 0 Å². The third-order valence-corrected chi connectivity index (χ3v) is 5.71. The fraction of sp³-hybridized carbons (Fsp3) is 0.211. The summed E-state index contributed by atoms with van der Waals surface area (Å²) in [7, 11) is 0. The van der Waals surface area contributed by atoms with E-state index in [1.165, 1.54) is 11.3 Å². The van der Waals surface area contributed by atoms with Gasteiger partial charge in [-0.05, 0) is 43.7 Å². The number of carbonyl (C=O) groups excluding carboxylic acids is 2. The Hall–Kier alpha value is -2.15. The Kier molecular flexibility index (Phi) is 5.99. The number of thiazole rings is 1. The van der Waals surface area contributed by atoms with E-state index in [0.717, 1.165) is 15.8 Å². The number of aryl methyl sites for hydroxylation is 1. The number of fused-ring (bicyclic) bond motifs is 1. The Bertz CT molecular complexity index is 1100. The Morgan fingerprint density at radius 3 is 2.59 bits per heavy atom. The second kappa shape index (κ2) is 8.25. The lowest BCUT2D eigenvalue weighted by Crippen LogP contribution is -2.23. The zero-order valence-corrected chi connectivity index (χ0v) is 17.0. The first-order valence-corrected chi connectivity index (χ1v) is 9.77. The number of benzene rings is 2. The lowest BCUT2D eigenvalue weighted by molar-refractivity contribution is -0.143. The van der Waals surface area contributed by atoms with Crippen LogP contribution in [0.5, 0.6) is 0 Å². The zero-order chi connectivity index (χ0) is 19.6. The molecule has 0 spiro atoms. The summed E-state index contributed by atoms with van der Waals surface area (Å²) in [5.41, 5.74) is 1.86. The van der Waals surface area contributed by atoms with Crippen LogP contribution in [-0.4, -0.2) is 23.1 Å². The molecular formula is C19H16Cl2N2O3S. The SMILES string of the molecule is CCOC(=O)Cn1c(=NC(=O)c2ccccc2Cl)sc2ccc(Cl)c(C)c21. The highest BCUT2D eigenvalue weighted by molar-refractivity contribution is 7.16. The molecule has 8 heteroatoms. The molecule has 3 rings (SSSR count). The van der Waals surface area contributed by atoms with E-state index in [2.05, 4.69) is 4.99 Å². The first kappa shape index (κ1) is 19.6. The first-order chi connectivity index (χ1) is 12.9. The maximum absolute atomic E-state index is 12.6. The number of aromatic nitrogens is 1. The van der Waals surface area contributed by atoms with Gasteiger partial charge in [0.1, 0.15) is 6.54 Å². The average molecular weight is 423 g/mol. The van der Waals surface area contributed by atoms with E-state index in [0.29, 0.717) is 20.4 Å². The van der Waals surface area contributed by atoms with Crippen LogP contribution in [0.25, 0.3) is 10.2 Å². The summed E-state index contributed by atoms with van der Waals surface area (Å²) in [6.45, 7) is 3.80. The normalized spacial score (nSPS) is 11.8. The molecule has 1 amide bonds. The second-order valence-corrected chi connectivity index (χ2v) is 7.52. The van der Waals surface area contributed by atoms with Crippen molar-refractivity contribution < 1.29 is 14.3 Å². The van der Waals surface area contributed by atoms with Gasteiger partial charge in [0.25, 0.3) is 5.91 Å². The first-order valence-electron chi connectivity index (χ1n) is 8.20. The standard InChI is InChI=1S/C19H16Cl2N2O3S/c1-3-26-16(24)10-23-17-11(2)13(20)8-9-15(17)27-19(23)22-18(25)12-6-4-5-7-14(12)21/h4-9H,3,10H2,1-2H3. The molecule has 0 fully saturated rings. The van der Waals surface area contributed by atoms with Crippen molar-refractivity contribution in [1.29, 1.82) is 0 Å². The highest BCUT2D eigenvalue weighted by Crippen LogP contribution is 2.27. The van der Waals surface area contributed by atoms with Crippen LogP contribution in [-0.2, 0) is 16.1 Å². The van der Waals surface area contributed by atoms with E-state index in [9.17, 15) is 9.59 Å². The number of esters is 1. The van der Waals surface area contributed by atoms with Crippen LogP contribution in [0, 0.1) is 6.92 Å². The molecule has 0 atom stereocenters. The maximum atomic E-state index is 12.6. The molecule has 1 aromatic heterocycles. The van der Waals surface area contributed by atoms with Crippen LogP contribution in [0.1, 0.15) is 22.8 Å². The van der Waals surface area contributed by atoms with Crippen molar-refractivity contribution in [3.63, 3.8) is 0 Å². The molecule has 2 aromatic carbocycles. The minimum Gasteiger partial charge on any atom is -0.465 e. The summed E-state index contributed by atoms with van der Waals surface area (Å²) in [5, 5.41) is 0.894. The van der Waals surface area contributed by atoms with Gasteiger partial charge in [0.05, 0.1) is 27.4 Å². The number of ether oxygens (including phenoxy) is 1. The lowest BCUT2D eigenvalue weighted by atomic mass is 10.2. The van der Waals surface area contributed by atoms with Gasteiger partial charge in [-0.2, -0.15) is 4.99 Å². The van der Waals surface area contributed by atoms with Crippen LogP contribution in [0.15, 0.2) is 41.4 Å². The fourth-order valence-electron chi connectivity index (χ4n) is 2.66. The van der Waals surface area contributed by atoms with Gasteiger partial charge in [-0.15, -0.1) is 0 Å². The minimum absolute atomic E-state index is 0.0658. The number of nitrogens with zero attached hydrogens (tertiary/aromatic N) is 2. The molecule has 140 valence electrons. The maximum Gasteiger partial charge on any atom is 0.326 e. The molecule has 0 aliphatic carbocycles. The van der Waals surface area contributed by atoms with E-state index in [1.807, 2.05) is 13.0 Å². The monoisotopic (exact) mass is 422 g/mol. The van der Waals surface area contributed by atoms with Crippen molar-refractivity contribution in [2.24, 2.45) is 4.99 Å². The Labute approximate surface area is 169 Å². The molecule has 3 aromatic rings. The molecule has 5 nitrogen and oxygen atoms in total. The van der Waals surface area contributed by atoms with Gasteiger partial charge in [0, 0.05) is 5.02 Å². The number of hydrogen-bond acceptors (Lipinski definition) is 4. The highest BCUT2D eigenvalue weighted by atomic mass is 35.5. The Morgan fingerprint density at radius 1 is 1.15 bits per heavy atom. The van der Waals surface area contributed by atoms with E-state index < -0.39 is 11.9 Å². The predicted molar refractivity (Wildman–Crippen MR) is 108 cm³/mol. The molecule has 27 heavy (non-hydrogen) atoms. The van der Waals surface area contributed by atoms with Gasteiger partial charge in [0.15, 0.2) is 4.80 Å². The van der Waals surface area contributed by atoms with Crippen molar-refractivity contribution >= 4 is 56.6 Å². The van der Waals surface area contributed by atoms with Gasteiger partial charge < -0.3 is 9.30 Å². The van der Waals surface area contributed by atoms with Crippen LogP contribution >= 0.6 is 34.5 Å². The third kappa shape index (κ3) is 4.08. The predicted octanol–water partition coefficient (Wildman–Crippen LogP) is 4.62. The van der Waals surface area contributed by atoms with Gasteiger partial charge in [0.2, 0.25) is 0 Å². The molecule has 0 unspecified atom stereocenters. The molecule has 1 heterocycles. The van der Waals surface area contributed by atoms with Gasteiger partial charge in [-0.1, -0.05) is 46.7 Å². The Morgan fingerprint density at radius 2 is 1.89 bits per heavy atom. The largest absolute Gasteiger partial charge is 0.465 e. The van der Waals surface area contributed by atoms with Crippen molar-refractivity contribution in [3.05, 3.63) is 62.4 Å². The van der Waals surface area contributed by atoms with Gasteiger partial charge >= 0.3 is 5.97 Å². The molecule has 0 bridgehead atoms. The second-order valence-electron chi connectivity index (χ2n) is 5.69. The average Bonchev–Trinajstić information content (AvgIpc) is 2.96. The van der Waals surface area contributed by atoms with Gasteiger partial charge in [-0.3, -0.25) is 9.59 Å². The smallest absolute Gasteiger partial charge is 0.326 e. The van der Waals surface area contributed by atoms with Crippen LogP contribution < -0.4 is 4.80 Å². The van der Waals surface area contributed by atoms with E-state index >= 15 is 0 Å². The fourth-order valence-corrected chi connectivity index (χ4v) is 4.12. The summed E-state index contributed by atoms with van der Waals surface area (Å²) >= 11 is 13.7. The molecule has 0 radical (unpaired) electrons. The third-order valence-electron chi connectivity index (χ3n) is 3.92. The van der Waals surface area contributed by atoms with Crippen LogP contribution in [0.4, 0.5) is 0 Å². The minimum atomic E-state index is -0.478. The van der Waals surface area contributed by atoms with E-state index in [-0.39, 0.29) is 13.2 Å². The summed E-state index contributed by atoms with van der Waals surface area (Å²) in [5.74, 6) is -0.892. The molecule has 0 saturated carbocycles. The highest BCUT2D eigenvalue weighted by Gasteiger charge is 2.16. The Balaban J connectivity index is 2.19. The molecular weight excluding hydrogens is 407 g/mol. The number of halogens is 2. The van der Waals surface area contributed by atoms with E-state index in [1.54, 1.807) is 41.8 Å². The lowest BCUT2D eigenvalue weighted by Gasteiger charge is -2.08. The summed E-state index contributed by atoms with van der Waals surface area (Å²) in [6, 6.07) is 10.3. The number of hydrogen-bond donors (Lipinski definition) is 0. The van der Waals surface area contributed by atoms with Crippen molar-refractivity contribution in [1.82, 2.24) is 4.57 Å². The van der Waals surface area contributed by atoms with Crippen LogP contribution in [0.2, 0.25) is 10.0 Å². The zero-order valence-electron chi connectivity index (χ0n) is 14.7. The quantitative estimate of drug-likeness (QED) is 0.576. The molecule has 0 N–H and O–H groups in total. The summed E-state index contributed by atoms with van der Waals surface area (Å²) in [6.07, 6.45) is 0. The van der Waals surface area contributed by atoms with Gasteiger partial charge in [-0.25, -0.2) is 0 Å². The van der Waals surface area contributed by atoms with E-state index in [4.69, 9.17) is 27.9 Å².